The van der Waals surface area contributed by atoms with Crippen LogP contribution in [0.4, 0.5) is 0 Å². The van der Waals surface area contributed by atoms with Crippen LogP contribution in [0.1, 0.15) is 31.5 Å². The van der Waals surface area contributed by atoms with Crippen molar-refractivity contribution < 1.29 is 14.7 Å². The molecule has 0 aliphatic heterocycles. The van der Waals surface area contributed by atoms with Gasteiger partial charge >= 0.3 is 5.97 Å². The van der Waals surface area contributed by atoms with Gasteiger partial charge < -0.3 is 10.4 Å². The van der Waals surface area contributed by atoms with E-state index in [0.29, 0.717) is 12.1 Å². The van der Waals surface area contributed by atoms with E-state index in [1.807, 2.05) is 26.8 Å². The summed E-state index contributed by atoms with van der Waals surface area (Å²) >= 11 is 0. The van der Waals surface area contributed by atoms with Crippen molar-refractivity contribution in [1.82, 2.24) is 10.3 Å². The molecule has 2 N–H and O–H groups in total. The van der Waals surface area contributed by atoms with Gasteiger partial charge in [-0.15, -0.1) is 0 Å². The summed E-state index contributed by atoms with van der Waals surface area (Å²) in [5.74, 6) is -1.10. The van der Waals surface area contributed by atoms with Crippen LogP contribution in [0.2, 0.25) is 0 Å². The summed E-state index contributed by atoms with van der Waals surface area (Å²) < 4.78 is 0. The van der Waals surface area contributed by atoms with Crippen LogP contribution in [0.25, 0.3) is 0 Å². The van der Waals surface area contributed by atoms with E-state index in [0.717, 1.165) is 5.56 Å². The summed E-state index contributed by atoms with van der Waals surface area (Å²) in [5.41, 5.74) is 1.60. The molecule has 0 saturated carbocycles. The van der Waals surface area contributed by atoms with Gasteiger partial charge in [0.25, 0.3) is 0 Å². The molecule has 19 heavy (non-hydrogen) atoms. The highest BCUT2D eigenvalue weighted by atomic mass is 16.4. The minimum Gasteiger partial charge on any atom is -0.480 e. The predicted octanol–water partition coefficient (Wildman–Crippen LogP) is 1.55. The van der Waals surface area contributed by atoms with Gasteiger partial charge in [-0.2, -0.15) is 0 Å². The second-order valence-electron chi connectivity index (χ2n) is 5.03. The summed E-state index contributed by atoms with van der Waals surface area (Å²) in [6.07, 6.45) is 2.15. The van der Waals surface area contributed by atoms with E-state index >= 15 is 0 Å². The smallest absolute Gasteiger partial charge is 0.326 e. The fourth-order valence-corrected chi connectivity index (χ4v) is 1.79. The number of hydrogen-bond donors (Lipinski definition) is 2. The van der Waals surface area contributed by atoms with Crippen molar-refractivity contribution in [3.63, 3.8) is 0 Å². The zero-order chi connectivity index (χ0) is 14.4. The first kappa shape index (κ1) is 15.1. The molecule has 0 unspecified atom stereocenters. The van der Waals surface area contributed by atoms with Crippen molar-refractivity contribution in [3.8, 4) is 0 Å². The van der Waals surface area contributed by atoms with Crippen LogP contribution in [0.5, 0.6) is 0 Å². The fraction of sp³-hybridized carbons (Fsp3) is 0.500. The molecular weight excluding hydrogens is 244 g/mol. The van der Waals surface area contributed by atoms with Crippen molar-refractivity contribution in [2.45, 2.75) is 39.7 Å². The molecule has 1 amide bonds. The van der Waals surface area contributed by atoms with Gasteiger partial charge in [0, 0.05) is 6.20 Å². The van der Waals surface area contributed by atoms with Gasteiger partial charge in [0.2, 0.25) is 5.91 Å². The number of amides is 1. The summed E-state index contributed by atoms with van der Waals surface area (Å²) in [4.78, 5) is 27.0. The summed E-state index contributed by atoms with van der Waals surface area (Å²) in [7, 11) is 0. The number of aromatic nitrogens is 1. The molecule has 0 aromatic carbocycles. The molecule has 1 heterocycles. The molecule has 1 aromatic heterocycles. The van der Waals surface area contributed by atoms with E-state index < -0.39 is 12.0 Å². The zero-order valence-corrected chi connectivity index (χ0v) is 11.5. The number of carbonyl (C=O) groups is 2. The third-order valence-corrected chi connectivity index (χ3v) is 2.79. The molecule has 1 rings (SSSR count). The maximum absolute atomic E-state index is 11.8. The molecule has 1 atom stereocenters. The highest BCUT2D eigenvalue weighted by Crippen LogP contribution is 2.07. The Labute approximate surface area is 113 Å². The number of pyridine rings is 1. The topological polar surface area (TPSA) is 79.3 Å². The Hall–Kier alpha value is -1.91. The molecule has 0 saturated heterocycles. The van der Waals surface area contributed by atoms with Crippen molar-refractivity contribution in [1.29, 1.82) is 0 Å². The molecule has 5 heteroatoms. The Morgan fingerprint density at radius 3 is 2.63 bits per heavy atom. The number of nitrogens with zero attached hydrogens (tertiary/aromatic N) is 1. The first-order chi connectivity index (χ1) is 8.90. The lowest BCUT2D eigenvalue weighted by atomic mass is 10.0. The normalized spacial score (nSPS) is 12.2. The van der Waals surface area contributed by atoms with Gasteiger partial charge in [0.05, 0.1) is 12.1 Å². The van der Waals surface area contributed by atoms with E-state index in [2.05, 4.69) is 10.3 Å². The molecular formula is C14H20N2O3. The van der Waals surface area contributed by atoms with Crippen LogP contribution < -0.4 is 5.32 Å². The van der Waals surface area contributed by atoms with Crippen LogP contribution in [0.15, 0.2) is 18.3 Å². The first-order valence-electron chi connectivity index (χ1n) is 6.32. The van der Waals surface area contributed by atoms with Crippen molar-refractivity contribution in [3.05, 3.63) is 29.6 Å². The van der Waals surface area contributed by atoms with E-state index in [1.165, 1.54) is 0 Å². The SMILES string of the molecule is Cc1cccnc1CC(=O)N[C@H](CC(C)C)C(=O)O. The van der Waals surface area contributed by atoms with Gasteiger partial charge in [-0.05, 0) is 30.9 Å². The van der Waals surface area contributed by atoms with E-state index in [-0.39, 0.29) is 18.2 Å². The van der Waals surface area contributed by atoms with Gasteiger partial charge in [0.1, 0.15) is 6.04 Å². The second-order valence-corrected chi connectivity index (χ2v) is 5.03. The third kappa shape index (κ3) is 5.07. The number of aryl methyl sites for hydroxylation is 1. The number of carbonyl (C=O) groups excluding carboxylic acids is 1. The Kier molecular flexibility index (Phi) is 5.48. The molecule has 104 valence electrons. The minimum absolute atomic E-state index is 0.106. The number of rotatable bonds is 6. The highest BCUT2D eigenvalue weighted by Gasteiger charge is 2.21. The third-order valence-electron chi connectivity index (χ3n) is 2.79. The Balaban J connectivity index is 2.63. The largest absolute Gasteiger partial charge is 0.480 e. The average molecular weight is 264 g/mol. The molecule has 0 aliphatic carbocycles. The Morgan fingerprint density at radius 1 is 1.42 bits per heavy atom. The van der Waals surface area contributed by atoms with Gasteiger partial charge in [0.15, 0.2) is 0 Å². The van der Waals surface area contributed by atoms with Crippen molar-refractivity contribution >= 4 is 11.9 Å². The maximum atomic E-state index is 11.8. The highest BCUT2D eigenvalue weighted by molar-refractivity contribution is 5.84. The number of nitrogens with one attached hydrogen (secondary N) is 1. The predicted molar refractivity (Wildman–Crippen MR) is 71.7 cm³/mol. The van der Waals surface area contributed by atoms with Crippen LogP contribution >= 0.6 is 0 Å². The van der Waals surface area contributed by atoms with Crippen LogP contribution in [-0.4, -0.2) is 28.0 Å². The van der Waals surface area contributed by atoms with Crippen molar-refractivity contribution in [2.24, 2.45) is 5.92 Å². The van der Waals surface area contributed by atoms with Crippen LogP contribution in [-0.2, 0) is 16.0 Å². The summed E-state index contributed by atoms with van der Waals surface area (Å²) in [5, 5.41) is 11.6. The molecule has 0 bridgehead atoms. The van der Waals surface area contributed by atoms with Crippen LogP contribution in [0.3, 0.4) is 0 Å². The van der Waals surface area contributed by atoms with Gasteiger partial charge in [-0.25, -0.2) is 4.79 Å². The molecule has 0 aliphatic rings. The fourth-order valence-electron chi connectivity index (χ4n) is 1.79. The quantitative estimate of drug-likeness (QED) is 0.817. The zero-order valence-electron chi connectivity index (χ0n) is 11.5. The number of aliphatic carboxylic acids is 1. The monoisotopic (exact) mass is 264 g/mol. The number of carboxylic acids is 1. The molecule has 1 aromatic rings. The summed E-state index contributed by atoms with van der Waals surface area (Å²) in [6.45, 7) is 5.72. The van der Waals surface area contributed by atoms with Gasteiger partial charge in [-0.3, -0.25) is 9.78 Å². The number of hydrogen-bond acceptors (Lipinski definition) is 3. The number of carboxylic acid groups (broad SMARTS) is 1. The average Bonchev–Trinajstić information content (AvgIpc) is 2.30. The standard InChI is InChI=1S/C14H20N2O3/c1-9(2)7-12(14(18)19)16-13(17)8-11-10(3)5-4-6-15-11/h4-6,9,12H,7-8H2,1-3H3,(H,16,17)(H,18,19)/t12-/m1/s1. The molecule has 0 spiro atoms. The van der Waals surface area contributed by atoms with E-state index in [9.17, 15) is 9.59 Å². The van der Waals surface area contributed by atoms with E-state index in [4.69, 9.17) is 5.11 Å². The molecule has 0 fully saturated rings. The minimum atomic E-state index is -1.00. The van der Waals surface area contributed by atoms with E-state index in [1.54, 1.807) is 12.3 Å². The maximum Gasteiger partial charge on any atom is 0.326 e. The lowest BCUT2D eigenvalue weighted by Crippen LogP contribution is -2.42. The molecule has 0 radical (unpaired) electrons. The van der Waals surface area contributed by atoms with Crippen LogP contribution in [0, 0.1) is 12.8 Å². The molecule has 5 nitrogen and oxygen atoms in total. The van der Waals surface area contributed by atoms with Gasteiger partial charge in [-0.1, -0.05) is 19.9 Å². The lowest BCUT2D eigenvalue weighted by molar-refractivity contribution is -0.142. The summed E-state index contributed by atoms with van der Waals surface area (Å²) in [6, 6.07) is 2.84. The Morgan fingerprint density at radius 2 is 2.11 bits per heavy atom. The Bertz CT molecular complexity index is 458. The lowest BCUT2D eigenvalue weighted by Gasteiger charge is -2.16. The first-order valence-corrected chi connectivity index (χ1v) is 6.32. The second kappa shape index (κ2) is 6.87. The van der Waals surface area contributed by atoms with Crippen molar-refractivity contribution in [2.75, 3.05) is 0 Å².